The monoisotopic (exact) mass is 444 g/mol. The lowest BCUT2D eigenvalue weighted by Crippen LogP contribution is -2.23. The fraction of sp³-hybridized carbons (Fsp3) is 0.136. The Bertz CT molecular complexity index is 1160. The van der Waals surface area contributed by atoms with Gasteiger partial charge in [-0.1, -0.05) is 29.8 Å². The molecule has 0 heterocycles. The Kier molecular flexibility index (Phi) is 6.64. The van der Waals surface area contributed by atoms with Crippen LogP contribution in [0.2, 0.25) is 5.02 Å². The lowest BCUT2D eigenvalue weighted by molar-refractivity contribution is 0.0951. The number of ether oxygens (including phenoxy) is 1. The van der Waals surface area contributed by atoms with E-state index in [1.165, 1.54) is 25.3 Å². The number of carbonyl (C=O) groups excluding carboxylic acids is 1. The molecule has 0 saturated carbocycles. The van der Waals surface area contributed by atoms with E-state index in [-0.39, 0.29) is 10.8 Å². The molecule has 0 aliphatic carbocycles. The molecule has 0 radical (unpaired) electrons. The van der Waals surface area contributed by atoms with Crippen molar-refractivity contribution in [3.05, 3.63) is 88.4 Å². The van der Waals surface area contributed by atoms with Crippen molar-refractivity contribution in [2.45, 2.75) is 18.4 Å². The van der Waals surface area contributed by atoms with Crippen molar-refractivity contribution >= 4 is 33.2 Å². The molecule has 0 fully saturated rings. The largest absolute Gasteiger partial charge is 0.497 e. The summed E-state index contributed by atoms with van der Waals surface area (Å²) in [5.74, 6) is 0.239. The van der Waals surface area contributed by atoms with Crippen LogP contribution in [0.4, 0.5) is 5.69 Å². The minimum absolute atomic E-state index is 0.0958. The summed E-state index contributed by atoms with van der Waals surface area (Å²) in [5, 5.41) is 3.40. The first-order valence-electron chi connectivity index (χ1n) is 9.08. The molecule has 0 saturated heterocycles. The second kappa shape index (κ2) is 9.19. The van der Waals surface area contributed by atoms with Gasteiger partial charge in [-0.15, -0.1) is 0 Å². The van der Waals surface area contributed by atoms with Crippen molar-refractivity contribution in [2.24, 2.45) is 0 Å². The van der Waals surface area contributed by atoms with Gasteiger partial charge in [0.2, 0.25) is 0 Å². The molecule has 1 amide bonds. The molecule has 3 rings (SSSR count). The minimum atomic E-state index is -3.82. The number of rotatable bonds is 7. The normalized spacial score (nSPS) is 11.0. The van der Waals surface area contributed by atoms with Crippen molar-refractivity contribution in [1.82, 2.24) is 5.32 Å². The van der Waals surface area contributed by atoms with Gasteiger partial charge < -0.3 is 10.1 Å². The summed E-state index contributed by atoms with van der Waals surface area (Å²) in [6.07, 6.45) is 0. The lowest BCUT2D eigenvalue weighted by atomic mass is 10.1. The zero-order valence-corrected chi connectivity index (χ0v) is 18.0. The molecule has 3 aromatic rings. The Morgan fingerprint density at radius 3 is 2.43 bits per heavy atom. The van der Waals surface area contributed by atoms with Crippen LogP contribution >= 0.6 is 11.6 Å². The molecule has 6 nitrogen and oxygen atoms in total. The molecule has 2 N–H and O–H groups in total. The molecule has 0 spiro atoms. The summed E-state index contributed by atoms with van der Waals surface area (Å²) < 4.78 is 33.0. The van der Waals surface area contributed by atoms with E-state index in [9.17, 15) is 13.2 Å². The smallest absolute Gasteiger partial charge is 0.261 e. The third kappa shape index (κ3) is 5.31. The van der Waals surface area contributed by atoms with E-state index >= 15 is 0 Å². The fourth-order valence-electron chi connectivity index (χ4n) is 2.76. The van der Waals surface area contributed by atoms with Gasteiger partial charge >= 0.3 is 0 Å². The average Bonchev–Trinajstić information content (AvgIpc) is 2.73. The van der Waals surface area contributed by atoms with Gasteiger partial charge in [0.1, 0.15) is 5.75 Å². The van der Waals surface area contributed by atoms with E-state index in [2.05, 4.69) is 10.0 Å². The molecule has 0 aliphatic heterocycles. The summed E-state index contributed by atoms with van der Waals surface area (Å²) in [5.41, 5.74) is 2.23. The Labute approximate surface area is 180 Å². The molecule has 0 atom stereocenters. The number of carbonyl (C=O) groups is 1. The standard InChI is InChI=1S/C22H21ClN2O4S/c1-15-6-7-17(22(26)24-14-16-4-3-5-18(23)12-16)13-21(15)25-30(27,28)20-10-8-19(29-2)9-11-20/h3-13,25H,14H2,1-2H3,(H,24,26). The van der Waals surface area contributed by atoms with Crippen LogP contribution < -0.4 is 14.8 Å². The molecule has 0 unspecified atom stereocenters. The second-order valence-corrected chi connectivity index (χ2v) is 8.74. The first kappa shape index (κ1) is 21.7. The highest BCUT2D eigenvalue weighted by Gasteiger charge is 2.17. The first-order chi connectivity index (χ1) is 14.3. The number of aryl methyl sites for hydroxylation is 1. The number of hydrogen-bond acceptors (Lipinski definition) is 4. The Morgan fingerprint density at radius 2 is 1.77 bits per heavy atom. The van der Waals surface area contributed by atoms with Crippen LogP contribution in [0.15, 0.2) is 71.6 Å². The molecular weight excluding hydrogens is 424 g/mol. The van der Waals surface area contributed by atoms with Gasteiger partial charge in [-0.25, -0.2) is 8.42 Å². The number of benzene rings is 3. The summed E-state index contributed by atoms with van der Waals surface area (Å²) >= 11 is 5.96. The zero-order valence-electron chi connectivity index (χ0n) is 16.5. The van der Waals surface area contributed by atoms with Crippen LogP contribution in [-0.4, -0.2) is 21.4 Å². The van der Waals surface area contributed by atoms with Gasteiger partial charge in [0, 0.05) is 17.1 Å². The van der Waals surface area contributed by atoms with E-state index in [1.54, 1.807) is 43.3 Å². The van der Waals surface area contributed by atoms with Gasteiger partial charge in [0.25, 0.3) is 15.9 Å². The minimum Gasteiger partial charge on any atom is -0.497 e. The highest BCUT2D eigenvalue weighted by atomic mass is 35.5. The predicted molar refractivity (Wildman–Crippen MR) is 118 cm³/mol. The van der Waals surface area contributed by atoms with E-state index in [4.69, 9.17) is 16.3 Å². The van der Waals surface area contributed by atoms with E-state index in [0.29, 0.717) is 34.1 Å². The Morgan fingerprint density at radius 1 is 1.03 bits per heavy atom. The maximum atomic E-state index is 12.7. The maximum absolute atomic E-state index is 12.7. The first-order valence-corrected chi connectivity index (χ1v) is 10.9. The van der Waals surface area contributed by atoms with Crippen LogP contribution in [0, 0.1) is 6.92 Å². The van der Waals surface area contributed by atoms with Crippen LogP contribution in [0.25, 0.3) is 0 Å². The zero-order chi connectivity index (χ0) is 21.7. The number of amides is 1. The maximum Gasteiger partial charge on any atom is 0.261 e. The molecule has 30 heavy (non-hydrogen) atoms. The summed E-state index contributed by atoms with van der Waals surface area (Å²) in [6.45, 7) is 2.07. The van der Waals surface area contributed by atoms with Crippen LogP contribution in [0.3, 0.4) is 0 Å². The van der Waals surface area contributed by atoms with E-state index in [1.807, 2.05) is 12.1 Å². The van der Waals surface area contributed by atoms with Crippen LogP contribution in [-0.2, 0) is 16.6 Å². The SMILES string of the molecule is COc1ccc(S(=O)(=O)Nc2cc(C(=O)NCc3cccc(Cl)c3)ccc2C)cc1. The highest BCUT2D eigenvalue weighted by molar-refractivity contribution is 7.92. The molecule has 8 heteroatoms. The summed E-state index contributed by atoms with van der Waals surface area (Å²) in [4.78, 5) is 12.6. The number of methoxy groups -OCH3 is 1. The predicted octanol–water partition coefficient (Wildman–Crippen LogP) is 4.39. The number of halogens is 1. The van der Waals surface area contributed by atoms with Crippen molar-refractivity contribution in [3.8, 4) is 5.75 Å². The van der Waals surface area contributed by atoms with Gasteiger partial charge in [0.05, 0.1) is 17.7 Å². The molecule has 0 aromatic heterocycles. The number of sulfonamides is 1. The summed E-state index contributed by atoms with van der Waals surface area (Å²) in [6, 6.07) is 18.1. The quantitative estimate of drug-likeness (QED) is 0.566. The van der Waals surface area contributed by atoms with Crippen molar-refractivity contribution in [1.29, 1.82) is 0 Å². The fourth-order valence-corrected chi connectivity index (χ4v) is 4.10. The molecular formula is C22H21ClN2O4S. The Balaban J connectivity index is 1.76. The topological polar surface area (TPSA) is 84.5 Å². The van der Waals surface area contributed by atoms with Crippen molar-refractivity contribution < 1.29 is 17.9 Å². The van der Waals surface area contributed by atoms with Crippen LogP contribution in [0.5, 0.6) is 5.75 Å². The van der Waals surface area contributed by atoms with Crippen molar-refractivity contribution in [3.63, 3.8) is 0 Å². The average molecular weight is 445 g/mol. The highest BCUT2D eigenvalue weighted by Crippen LogP contribution is 2.23. The van der Waals surface area contributed by atoms with Gasteiger partial charge in [-0.3, -0.25) is 9.52 Å². The number of nitrogens with one attached hydrogen (secondary N) is 2. The third-order valence-electron chi connectivity index (χ3n) is 4.46. The van der Waals surface area contributed by atoms with E-state index in [0.717, 1.165) is 5.56 Å². The Hall–Kier alpha value is -3.03. The third-order valence-corrected chi connectivity index (χ3v) is 6.07. The van der Waals surface area contributed by atoms with Crippen LogP contribution in [0.1, 0.15) is 21.5 Å². The second-order valence-electron chi connectivity index (χ2n) is 6.62. The molecule has 0 bridgehead atoms. The molecule has 0 aliphatic rings. The van der Waals surface area contributed by atoms with Gasteiger partial charge in [-0.2, -0.15) is 0 Å². The molecule has 3 aromatic carbocycles. The molecule has 156 valence electrons. The van der Waals surface area contributed by atoms with Gasteiger partial charge in [-0.05, 0) is 66.6 Å². The lowest BCUT2D eigenvalue weighted by Gasteiger charge is -2.13. The number of anilines is 1. The van der Waals surface area contributed by atoms with E-state index < -0.39 is 10.0 Å². The van der Waals surface area contributed by atoms with Crippen molar-refractivity contribution in [2.75, 3.05) is 11.8 Å². The summed E-state index contributed by atoms with van der Waals surface area (Å²) in [7, 11) is -2.31. The number of hydrogen-bond donors (Lipinski definition) is 2. The van der Waals surface area contributed by atoms with Gasteiger partial charge in [0.15, 0.2) is 0 Å².